The van der Waals surface area contributed by atoms with Gasteiger partial charge in [0, 0.05) is 13.0 Å². The third kappa shape index (κ3) is 26.1. The molecule has 3 heteroatoms. The average molecular weight is 457 g/mol. The van der Waals surface area contributed by atoms with Crippen LogP contribution in [0.4, 0.5) is 0 Å². The van der Waals surface area contributed by atoms with E-state index < -0.39 is 5.79 Å². The molecule has 0 heterocycles. The van der Waals surface area contributed by atoms with Gasteiger partial charge in [-0.2, -0.15) is 0 Å². The van der Waals surface area contributed by atoms with Gasteiger partial charge >= 0.3 is 0 Å². The molecule has 1 atom stereocenters. The van der Waals surface area contributed by atoms with Crippen molar-refractivity contribution in [1.29, 1.82) is 0 Å². The summed E-state index contributed by atoms with van der Waals surface area (Å²) in [7, 11) is 0. The maximum atomic E-state index is 10.3. The van der Waals surface area contributed by atoms with Crippen LogP contribution in [0, 0.1) is 0 Å². The van der Waals surface area contributed by atoms with Crippen molar-refractivity contribution in [2.24, 2.45) is 0 Å². The van der Waals surface area contributed by atoms with E-state index in [0.29, 0.717) is 13.2 Å². The maximum absolute atomic E-state index is 10.3. The summed E-state index contributed by atoms with van der Waals surface area (Å²) in [6, 6.07) is 0. The highest BCUT2D eigenvalue weighted by Crippen LogP contribution is 2.17. The van der Waals surface area contributed by atoms with Crippen LogP contribution in [0.25, 0.3) is 0 Å². The standard InChI is InChI=1S/C29H60O3/c1-4-6-8-10-12-13-14-15-16-17-18-20-22-24-26-31-27-28-32-29(3,30)25-23-21-19-11-9-7-5-2/h30H,4-28H2,1-3H3. The second-order valence-electron chi connectivity index (χ2n) is 10.1. The van der Waals surface area contributed by atoms with E-state index in [2.05, 4.69) is 13.8 Å². The molecular formula is C29H60O3. The molecule has 0 radical (unpaired) electrons. The zero-order valence-electron chi connectivity index (χ0n) is 22.4. The van der Waals surface area contributed by atoms with Crippen molar-refractivity contribution in [2.45, 2.75) is 168 Å². The molecule has 0 aliphatic carbocycles. The number of ether oxygens (including phenoxy) is 2. The lowest BCUT2D eigenvalue weighted by Gasteiger charge is -2.23. The summed E-state index contributed by atoms with van der Waals surface area (Å²) in [5.41, 5.74) is 0. The van der Waals surface area contributed by atoms with Crippen molar-refractivity contribution in [3.63, 3.8) is 0 Å². The molecule has 0 aliphatic heterocycles. The first-order valence-electron chi connectivity index (χ1n) is 14.6. The monoisotopic (exact) mass is 456 g/mol. The van der Waals surface area contributed by atoms with Crippen LogP contribution < -0.4 is 0 Å². The molecule has 0 aromatic heterocycles. The predicted octanol–water partition coefficient (Wildman–Crippen LogP) is 9.35. The Morgan fingerprint density at radius 2 is 0.844 bits per heavy atom. The zero-order valence-corrected chi connectivity index (χ0v) is 22.4. The molecule has 0 aliphatic rings. The molecule has 0 bridgehead atoms. The van der Waals surface area contributed by atoms with E-state index in [1.54, 1.807) is 6.92 Å². The van der Waals surface area contributed by atoms with Crippen molar-refractivity contribution in [1.82, 2.24) is 0 Å². The first-order valence-corrected chi connectivity index (χ1v) is 14.6. The van der Waals surface area contributed by atoms with Gasteiger partial charge in [-0.3, -0.25) is 0 Å². The second-order valence-corrected chi connectivity index (χ2v) is 10.1. The van der Waals surface area contributed by atoms with E-state index in [0.717, 1.165) is 25.9 Å². The molecule has 0 saturated carbocycles. The lowest BCUT2D eigenvalue weighted by molar-refractivity contribution is -0.201. The van der Waals surface area contributed by atoms with Gasteiger partial charge in [0.15, 0.2) is 5.79 Å². The molecule has 0 rings (SSSR count). The fourth-order valence-corrected chi connectivity index (χ4v) is 4.30. The van der Waals surface area contributed by atoms with E-state index in [-0.39, 0.29) is 0 Å². The van der Waals surface area contributed by atoms with E-state index in [4.69, 9.17) is 9.47 Å². The number of hydrogen-bond acceptors (Lipinski definition) is 3. The van der Waals surface area contributed by atoms with Crippen molar-refractivity contribution in [2.75, 3.05) is 19.8 Å². The minimum atomic E-state index is -0.998. The highest BCUT2D eigenvalue weighted by Gasteiger charge is 2.19. The van der Waals surface area contributed by atoms with Crippen LogP contribution in [-0.4, -0.2) is 30.7 Å². The van der Waals surface area contributed by atoms with Crippen molar-refractivity contribution in [3.05, 3.63) is 0 Å². The smallest absolute Gasteiger partial charge is 0.162 e. The maximum Gasteiger partial charge on any atom is 0.162 e. The first kappa shape index (κ1) is 31.9. The van der Waals surface area contributed by atoms with E-state index >= 15 is 0 Å². The Morgan fingerprint density at radius 1 is 0.469 bits per heavy atom. The van der Waals surface area contributed by atoms with Crippen molar-refractivity contribution in [3.8, 4) is 0 Å². The highest BCUT2D eigenvalue weighted by atomic mass is 16.6. The number of rotatable bonds is 27. The summed E-state index contributed by atoms with van der Waals surface area (Å²) in [6.07, 6.45) is 28.9. The molecule has 0 fully saturated rings. The Morgan fingerprint density at radius 3 is 1.28 bits per heavy atom. The van der Waals surface area contributed by atoms with Crippen LogP contribution in [0.2, 0.25) is 0 Å². The minimum Gasteiger partial charge on any atom is -0.379 e. The molecule has 0 aromatic rings. The van der Waals surface area contributed by atoms with Gasteiger partial charge in [-0.05, 0) is 19.8 Å². The third-order valence-electron chi connectivity index (χ3n) is 6.53. The Balaban J connectivity index is 3.23. The minimum absolute atomic E-state index is 0.488. The van der Waals surface area contributed by atoms with Crippen LogP contribution in [0.5, 0.6) is 0 Å². The predicted molar refractivity (Wildman–Crippen MR) is 140 cm³/mol. The average Bonchev–Trinajstić information content (AvgIpc) is 2.77. The Labute approximate surface area is 202 Å². The summed E-state index contributed by atoms with van der Waals surface area (Å²) >= 11 is 0. The molecule has 0 spiro atoms. The normalized spacial score (nSPS) is 13.5. The first-order chi connectivity index (χ1) is 15.6. The number of hydrogen-bond donors (Lipinski definition) is 1. The van der Waals surface area contributed by atoms with Crippen LogP contribution >= 0.6 is 0 Å². The molecular weight excluding hydrogens is 396 g/mol. The summed E-state index contributed by atoms with van der Waals surface area (Å²) in [5, 5.41) is 10.3. The van der Waals surface area contributed by atoms with Gasteiger partial charge < -0.3 is 14.6 Å². The highest BCUT2D eigenvalue weighted by molar-refractivity contribution is 4.60. The third-order valence-corrected chi connectivity index (χ3v) is 6.53. The van der Waals surface area contributed by atoms with Crippen LogP contribution in [0.1, 0.15) is 162 Å². The molecule has 194 valence electrons. The lowest BCUT2D eigenvalue weighted by atomic mass is 10.0. The van der Waals surface area contributed by atoms with Gasteiger partial charge in [-0.15, -0.1) is 0 Å². The van der Waals surface area contributed by atoms with Gasteiger partial charge in [0.05, 0.1) is 13.2 Å². The quantitative estimate of drug-likeness (QED) is 0.0988. The topological polar surface area (TPSA) is 38.7 Å². The second kappa shape index (κ2) is 25.5. The summed E-state index contributed by atoms with van der Waals surface area (Å²) in [4.78, 5) is 0. The largest absolute Gasteiger partial charge is 0.379 e. The molecule has 0 aromatic carbocycles. The van der Waals surface area contributed by atoms with Crippen molar-refractivity contribution >= 4 is 0 Å². The van der Waals surface area contributed by atoms with Gasteiger partial charge in [-0.25, -0.2) is 0 Å². The van der Waals surface area contributed by atoms with Crippen LogP contribution in [-0.2, 0) is 9.47 Å². The van der Waals surface area contributed by atoms with Gasteiger partial charge in [0.25, 0.3) is 0 Å². The van der Waals surface area contributed by atoms with Gasteiger partial charge in [0.2, 0.25) is 0 Å². The fraction of sp³-hybridized carbons (Fsp3) is 1.00. The lowest BCUT2D eigenvalue weighted by Crippen LogP contribution is -2.29. The zero-order chi connectivity index (χ0) is 23.6. The molecule has 32 heavy (non-hydrogen) atoms. The Bertz CT molecular complexity index is 343. The fourth-order valence-electron chi connectivity index (χ4n) is 4.30. The molecule has 0 amide bonds. The summed E-state index contributed by atoms with van der Waals surface area (Å²) in [5.74, 6) is -0.998. The Kier molecular flexibility index (Phi) is 25.4. The molecule has 0 saturated heterocycles. The molecule has 3 nitrogen and oxygen atoms in total. The van der Waals surface area contributed by atoms with Gasteiger partial charge in [-0.1, -0.05) is 136 Å². The van der Waals surface area contributed by atoms with Gasteiger partial charge in [0.1, 0.15) is 0 Å². The van der Waals surface area contributed by atoms with E-state index in [1.165, 1.54) is 122 Å². The van der Waals surface area contributed by atoms with Crippen LogP contribution in [0.15, 0.2) is 0 Å². The summed E-state index contributed by atoms with van der Waals surface area (Å²) < 4.78 is 11.3. The Hall–Kier alpha value is -0.120. The van der Waals surface area contributed by atoms with Crippen LogP contribution in [0.3, 0.4) is 0 Å². The van der Waals surface area contributed by atoms with Crippen molar-refractivity contribution < 1.29 is 14.6 Å². The van der Waals surface area contributed by atoms with E-state index in [9.17, 15) is 5.11 Å². The number of aliphatic hydroxyl groups is 1. The van der Waals surface area contributed by atoms with E-state index in [1.807, 2.05) is 0 Å². The summed E-state index contributed by atoms with van der Waals surface area (Å²) in [6.45, 7) is 8.22. The molecule has 1 unspecified atom stereocenters. The number of unbranched alkanes of at least 4 members (excludes halogenated alkanes) is 19. The molecule has 1 N–H and O–H groups in total. The SMILES string of the molecule is CCCCCCCCCCCCCCCCOCCOC(C)(O)CCCCCCCCC.